The van der Waals surface area contributed by atoms with Gasteiger partial charge in [0.1, 0.15) is 5.75 Å². The van der Waals surface area contributed by atoms with E-state index in [2.05, 4.69) is 11.0 Å². The Labute approximate surface area is 158 Å². The van der Waals surface area contributed by atoms with Crippen molar-refractivity contribution in [2.24, 2.45) is 0 Å². The molecule has 0 aromatic heterocycles. The Kier molecular flexibility index (Phi) is 5.77. The Morgan fingerprint density at radius 3 is 2.58 bits per heavy atom. The Bertz CT molecular complexity index is 839. The summed E-state index contributed by atoms with van der Waals surface area (Å²) in [5.41, 5.74) is 2.15. The van der Waals surface area contributed by atoms with E-state index in [-0.39, 0.29) is 5.91 Å². The molecule has 1 heterocycles. The highest BCUT2D eigenvalue weighted by Crippen LogP contribution is 2.22. The molecule has 1 amide bonds. The second-order valence-corrected chi connectivity index (χ2v) is 6.59. The first kappa shape index (κ1) is 18.2. The summed E-state index contributed by atoms with van der Waals surface area (Å²) in [4.78, 5) is 16.9. The van der Waals surface area contributed by atoms with Crippen LogP contribution >= 0.6 is 11.6 Å². The summed E-state index contributed by atoms with van der Waals surface area (Å²) >= 11 is 6.26. The summed E-state index contributed by atoms with van der Waals surface area (Å²) in [6.07, 6.45) is 0. The summed E-state index contributed by atoms with van der Waals surface area (Å²) in [6.45, 7) is 3.57. The summed E-state index contributed by atoms with van der Waals surface area (Å²) in [5, 5.41) is 9.53. The van der Waals surface area contributed by atoms with Crippen molar-refractivity contribution in [3.63, 3.8) is 0 Å². The number of halogens is 1. The van der Waals surface area contributed by atoms with Gasteiger partial charge in [-0.15, -0.1) is 0 Å². The van der Waals surface area contributed by atoms with Gasteiger partial charge in [-0.1, -0.05) is 29.8 Å². The number of amides is 1. The summed E-state index contributed by atoms with van der Waals surface area (Å²) in [7, 11) is 1.57. The Balaban J connectivity index is 1.61. The van der Waals surface area contributed by atoms with Crippen LogP contribution in [0.3, 0.4) is 0 Å². The number of methoxy groups -OCH3 is 1. The lowest BCUT2D eigenvalue weighted by Crippen LogP contribution is -2.48. The van der Waals surface area contributed by atoms with E-state index in [9.17, 15) is 4.79 Å². The number of ether oxygens (including phenoxy) is 1. The maximum absolute atomic E-state index is 12.7. The largest absolute Gasteiger partial charge is 0.496 e. The van der Waals surface area contributed by atoms with E-state index in [1.165, 1.54) is 0 Å². The van der Waals surface area contributed by atoms with Crippen LogP contribution in [0.15, 0.2) is 42.5 Å². The molecule has 0 spiro atoms. The molecule has 3 rings (SSSR count). The first-order valence-electron chi connectivity index (χ1n) is 8.45. The Morgan fingerprint density at radius 2 is 1.92 bits per heavy atom. The molecule has 0 radical (unpaired) electrons. The van der Waals surface area contributed by atoms with Crippen molar-refractivity contribution in [1.29, 1.82) is 5.26 Å². The first-order valence-corrected chi connectivity index (χ1v) is 8.83. The van der Waals surface area contributed by atoms with E-state index >= 15 is 0 Å². The van der Waals surface area contributed by atoms with Gasteiger partial charge >= 0.3 is 0 Å². The van der Waals surface area contributed by atoms with Crippen LogP contribution in [0.2, 0.25) is 5.02 Å². The molecule has 1 aliphatic rings. The first-order chi connectivity index (χ1) is 12.6. The number of hydrogen-bond acceptors (Lipinski definition) is 4. The average Bonchev–Trinajstić information content (AvgIpc) is 2.69. The highest BCUT2D eigenvalue weighted by atomic mass is 35.5. The van der Waals surface area contributed by atoms with Crippen LogP contribution in [0, 0.1) is 11.3 Å². The van der Waals surface area contributed by atoms with Gasteiger partial charge in [0, 0.05) is 37.7 Å². The second kappa shape index (κ2) is 8.22. The van der Waals surface area contributed by atoms with Crippen LogP contribution in [-0.4, -0.2) is 49.0 Å². The zero-order valence-corrected chi connectivity index (χ0v) is 15.4. The van der Waals surface area contributed by atoms with Gasteiger partial charge < -0.3 is 9.64 Å². The smallest absolute Gasteiger partial charge is 0.257 e. The number of piperazine rings is 1. The fourth-order valence-corrected chi connectivity index (χ4v) is 3.33. The SMILES string of the molecule is COc1ccccc1C(=O)N1CCN(Cc2ccc(C#N)cc2Cl)CC1. The van der Waals surface area contributed by atoms with Gasteiger partial charge in [0.15, 0.2) is 0 Å². The molecule has 5 nitrogen and oxygen atoms in total. The quantitative estimate of drug-likeness (QED) is 0.830. The number of carbonyl (C=O) groups excluding carboxylic acids is 1. The number of benzene rings is 2. The van der Waals surface area contributed by atoms with E-state index in [1.807, 2.05) is 23.1 Å². The fraction of sp³-hybridized carbons (Fsp3) is 0.300. The Morgan fingerprint density at radius 1 is 1.19 bits per heavy atom. The molecule has 134 valence electrons. The summed E-state index contributed by atoms with van der Waals surface area (Å²) in [5.74, 6) is 0.600. The van der Waals surface area contributed by atoms with E-state index in [1.54, 1.807) is 31.4 Å². The van der Waals surface area contributed by atoms with Crippen LogP contribution in [0.4, 0.5) is 0 Å². The number of rotatable bonds is 4. The molecule has 0 saturated carbocycles. The van der Waals surface area contributed by atoms with Crippen molar-refractivity contribution in [2.75, 3.05) is 33.3 Å². The third kappa shape index (κ3) is 3.98. The van der Waals surface area contributed by atoms with Crippen molar-refractivity contribution in [3.8, 4) is 11.8 Å². The number of nitriles is 1. The molecular weight excluding hydrogens is 350 g/mol. The van der Waals surface area contributed by atoms with Crippen LogP contribution in [-0.2, 0) is 6.54 Å². The Hall–Kier alpha value is -2.55. The van der Waals surface area contributed by atoms with Crippen molar-refractivity contribution in [3.05, 3.63) is 64.2 Å². The van der Waals surface area contributed by atoms with Gasteiger partial charge in [-0.05, 0) is 29.8 Å². The topological polar surface area (TPSA) is 56.6 Å². The molecule has 0 unspecified atom stereocenters. The van der Waals surface area contributed by atoms with Gasteiger partial charge in [0.2, 0.25) is 0 Å². The lowest BCUT2D eigenvalue weighted by atomic mass is 10.1. The minimum Gasteiger partial charge on any atom is -0.496 e. The highest BCUT2D eigenvalue weighted by molar-refractivity contribution is 6.31. The van der Waals surface area contributed by atoms with E-state index in [0.717, 1.165) is 18.7 Å². The molecular formula is C20H20ClN3O2. The molecule has 2 aromatic rings. The van der Waals surface area contributed by atoms with Gasteiger partial charge in [0.25, 0.3) is 5.91 Å². The molecule has 1 saturated heterocycles. The van der Waals surface area contributed by atoms with Crippen molar-refractivity contribution in [2.45, 2.75) is 6.54 Å². The van der Waals surface area contributed by atoms with E-state index in [0.29, 0.717) is 41.5 Å². The third-order valence-electron chi connectivity index (χ3n) is 4.57. The number of nitrogens with zero attached hydrogens (tertiary/aromatic N) is 3. The number of carbonyl (C=O) groups is 1. The lowest BCUT2D eigenvalue weighted by Gasteiger charge is -2.35. The zero-order valence-electron chi connectivity index (χ0n) is 14.6. The van der Waals surface area contributed by atoms with Gasteiger partial charge in [-0.2, -0.15) is 5.26 Å². The number of hydrogen-bond donors (Lipinski definition) is 0. The molecule has 2 aromatic carbocycles. The van der Waals surface area contributed by atoms with Crippen molar-refractivity contribution in [1.82, 2.24) is 9.80 Å². The standard InChI is InChI=1S/C20H20ClN3O2/c1-26-19-5-3-2-4-17(19)20(25)24-10-8-23(9-11-24)14-16-7-6-15(13-22)12-18(16)21/h2-7,12H,8-11,14H2,1H3. The van der Waals surface area contributed by atoms with Crippen molar-refractivity contribution >= 4 is 17.5 Å². The minimum atomic E-state index is -0.00138. The number of para-hydroxylation sites is 1. The van der Waals surface area contributed by atoms with Gasteiger partial charge in [-0.25, -0.2) is 0 Å². The average molecular weight is 370 g/mol. The fourth-order valence-electron chi connectivity index (χ4n) is 3.09. The predicted octanol–water partition coefficient (Wildman–Crippen LogP) is 3.18. The third-order valence-corrected chi connectivity index (χ3v) is 4.92. The highest BCUT2D eigenvalue weighted by Gasteiger charge is 2.24. The van der Waals surface area contributed by atoms with Gasteiger partial charge in [-0.3, -0.25) is 9.69 Å². The molecule has 0 aliphatic carbocycles. The molecule has 26 heavy (non-hydrogen) atoms. The van der Waals surface area contributed by atoms with Crippen LogP contribution in [0.5, 0.6) is 5.75 Å². The molecule has 1 aliphatic heterocycles. The molecule has 0 N–H and O–H groups in total. The second-order valence-electron chi connectivity index (χ2n) is 6.19. The summed E-state index contributed by atoms with van der Waals surface area (Å²) in [6, 6.07) is 14.8. The minimum absolute atomic E-state index is 0.00138. The molecule has 1 fully saturated rings. The predicted molar refractivity (Wildman–Crippen MR) is 100 cm³/mol. The molecule has 0 bridgehead atoms. The monoisotopic (exact) mass is 369 g/mol. The van der Waals surface area contributed by atoms with E-state index in [4.69, 9.17) is 21.6 Å². The van der Waals surface area contributed by atoms with Gasteiger partial charge in [0.05, 0.1) is 24.3 Å². The summed E-state index contributed by atoms with van der Waals surface area (Å²) < 4.78 is 5.29. The molecule has 0 atom stereocenters. The van der Waals surface area contributed by atoms with Crippen molar-refractivity contribution < 1.29 is 9.53 Å². The normalized spacial score (nSPS) is 14.7. The lowest BCUT2D eigenvalue weighted by molar-refractivity contribution is 0.0625. The van der Waals surface area contributed by atoms with E-state index < -0.39 is 0 Å². The van der Waals surface area contributed by atoms with Crippen LogP contribution < -0.4 is 4.74 Å². The van der Waals surface area contributed by atoms with Crippen LogP contribution in [0.25, 0.3) is 0 Å². The maximum Gasteiger partial charge on any atom is 0.257 e. The maximum atomic E-state index is 12.7. The molecule has 6 heteroatoms. The zero-order chi connectivity index (χ0) is 18.5. The van der Waals surface area contributed by atoms with Crippen LogP contribution in [0.1, 0.15) is 21.5 Å².